The maximum absolute atomic E-state index is 11.1. The maximum atomic E-state index is 11.1. The monoisotopic (exact) mass is 366 g/mol. The van der Waals surface area contributed by atoms with Crippen molar-refractivity contribution in [1.82, 2.24) is 4.90 Å². The Bertz CT molecular complexity index is 557. The van der Waals surface area contributed by atoms with Gasteiger partial charge in [0.15, 0.2) is 0 Å². The average Bonchev–Trinajstić information content (AvgIpc) is 2.29. The molecule has 1 aromatic carbocycles. The smallest absolute Gasteiger partial charge is 0.236 e. The van der Waals surface area contributed by atoms with Gasteiger partial charge in [-0.25, -0.2) is 8.42 Å². The first kappa shape index (κ1) is 15.1. The summed E-state index contributed by atoms with van der Waals surface area (Å²) >= 11 is 3.51. The second-order valence-corrected chi connectivity index (χ2v) is 8.39. The molecule has 1 heterocycles. The van der Waals surface area contributed by atoms with Crippen molar-refractivity contribution in [3.63, 3.8) is 0 Å². The zero-order valence-corrected chi connectivity index (χ0v) is 13.8. The van der Waals surface area contributed by atoms with Gasteiger partial charge in [0.05, 0.1) is 11.4 Å². The van der Waals surface area contributed by atoms with Crippen molar-refractivity contribution in [3.8, 4) is 0 Å². The van der Waals surface area contributed by atoms with Crippen molar-refractivity contribution in [2.75, 3.05) is 38.1 Å². The van der Waals surface area contributed by atoms with E-state index in [4.69, 9.17) is 10.7 Å². The fraction of sp³-hybridized carbons (Fsp3) is 0.500. The summed E-state index contributed by atoms with van der Waals surface area (Å²) in [6, 6.07) is 5.60. The Hall–Kier alpha value is -0.300. The van der Waals surface area contributed by atoms with Crippen LogP contribution in [0.5, 0.6) is 0 Å². The van der Waals surface area contributed by atoms with E-state index in [1.165, 1.54) is 0 Å². The molecule has 0 spiro atoms. The zero-order valence-electron chi connectivity index (χ0n) is 10.6. The number of likely N-dealkylation sites (N-methyl/N-ethyl adjacent to an activating group) is 1. The van der Waals surface area contributed by atoms with Crippen molar-refractivity contribution in [1.29, 1.82) is 0 Å². The van der Waals surface area contributed by atoms with Crippen LogP contribution in [0, 0.1) is 0 Å². The number of piperazine rings is 1. The highest BCUT2D eigenvalue weighted by molar-refractivity contribution is 9.10. The van der Waals surface area contributed by atoms with Crippen LogP contribution in [0.4, 0.5) is 5.69 Å². The van der Waals surface area contributed by atoms with Crippen LogP contribution in [-0.2, 0) is 14.8 Å². The van der Waals surface area contributed by atoms with Gasteiger partial charge in [-0.15, -0.1) is 0 Å². The molecule has 1 saturated heterocycles. The topological polar surface area (TPSA) is 40.6 Å². The highest BCUT2D eigenvalue weighted by Gasteiger charge is 2.17. The minimum Gasteiger partial charge on any atom is -0.368 e. The molecule has 0 amide bonds. The van der Waals surface area contributed by atoms with E-state index >= 15 is 0 Å². The second-order valence-electron chi connectivity index (χ2n) is 4.76. The van der Waals surface area contributed by atoms with Crippen molar-refractivity contribution >= 4 is 41.4 Å². The molecule has 0 aromatic heterocycles. The molecule has 1 aliphatic rings. The summed E-state index contributed by atoms with van der Waals surface area (Å²) in [5, 5.41) is 0. The predicted octanol–water partition coefficient (Wildman–Crippen LogP) is 2.27. The van der Waals surface area contributed by atoms with Crippen molar-refractivity contribution in [2.24, 2.45) is 0 Å². The Morgan fingerprint density at radius 1 is 1.26 bits per heavy atom. The fourth-order valence-electron chi connectivity index (χ4n) is 2.14. The summed E-state index contributed by atoms with van der Waals surface area (Å²) in [6.45, 7) is 4.01. The van der Waals surface area contributed by atoms with Crippen molar-refractivity contribution < 1.29 is 8.42 Å². The summed E-state index contributed by atoms with van der Waals surface area (Å²) in [4.78, 5) is 4.59. The van der Waals surface area contributed by atoms with E-state index in [2.05, 4.69) is 32.8 Å². The molecule has 106 valence electrons. The molecular formula is C12H16BrClN2O2S. The maximum Gasteiger partial charge on any atom is 0.236 e. The summed E-state index contributed by atoms with van der Waals surface area (Å²) in [5.74, 6) is -0.143. The number of rotatable bonds is 3. The molecule has 4 nitrogen and oxygen atoms in total. The number of nitrogens with zero attached hydrogens (tertiary/aromatic N) is 2. The number of anilines is 1. The first-order valence-electron chi connectivity index (χ1n) is 5.99. The third-order valence-corrected chi connectivity index (χ3v) is 4.84. The third kappa shape index (κ3) is 4.34. The Kier molecular flexibility index (Phi) is 4.76. The van der Waals surface area contributed by atoms with E-state index < -0.39 is 9.05 Å². The molecular weight excluding hydrogens is 352 g/mol. The van der Waals surface area contributed by atoms with Crippen LogP contribution < -0.4 is 4.90 Å². The van der Waals surface area contributed by atoms with Gasteiger partial charge < -0.3 is 9.80 Å². The number of halogens is 2. The molecule has 0 N–H and O–H groups in total. The quantitative estimate of drug-likeness (QED) is 0.769. The Balaban J connectivity index is 2.15. The summed E-state index contributed by atoms with van der Waals surface area (Å²) in [7, 11) is 3.87. The van der Waals surface area contributed by atoms with Crippen LogP contribution in [0.1, 0.15) is 5.56 Å². The highest BCUT2D eigenvalue weighted by Crippen LogP contribution is 2.29. The van der Waals surface area contributed by atoms with Crippen LogP contribution in [0.2, 0.25) is 0 Å². The average molecular weight is 368 g/mol. The first-order valence-corrected chi connectivity index (χ1v) is 9.26. The van der Waals surface area contributed by atoms with E-state index in [0.29, 0.717) is 5.56 Å². The molecule has 19 heavy (non-hydrogen) atoms. The molecule has 0 saturated carbocycles. The lowest BCUT2D eigenvalue weighted by atomic mass is 10.2. The van der Waals surface area contributed by atoms with E-state index in [1.54, 1.807) is 0 Å². The Labute approximate surface area is 126 Å². The predicted molar refractivity (Wildman–Crippen MR) is 82.3 cm³/mol. The molecule has 0 bridgehead atoms. The van der Waals surface area contributed by atoms with Crippen molar-refractivity contribution in [3.05, 3.63) is 28.2 Å². The van der Waals surface area contributed by atoms with Crippen LogP contribution in [0.25, 0.3) is 0 Å². The largest absolute Gasteiger partial charge is 0.368 e. The number of hydrogen-bond donors (Lipinski definition) is 0. The minimum atomic E-state index is -3.51. The van der Waals surface area contributed by atoms with Gasteiger partial charge in [-0.3, -0.25) is 0 Å². The molecule has 1 aromatic rings. The van der Waals surface area contributed by atoms with Gasteiger partial charge in [-0.1, -0.05) is 6.07 Å². The van der Waals surface area contributed by atoms with Crippen LogP contribution in [0.3, 0.4) is 0 Å². The van der Waals surface area contributed by atoms with Crippen LogP contribution in [0.15, 0.2) is 22.7 Å². The fourth-order valence-corrected chi connectivity index (χ4v) is 3.78. The van der Waals surface area contributed by atoms with Gasteiger partial charge in [0.1, 0.15) is 0 Å². The number of benzene rings is 1. The number of hydrogen-bond acceptors (Lipinski definition) is 4. The molecule has 0 aliphatic carbocycles. The third-order valence-electron chi connectivity index (χ3n) is 3.20. The van der Waals surface area contributed by atoms with E-state index in [0.717, 1.165) is 36.3 Å². The summed E-state index contributed by atoms with van der Waals surface area (Å²) in [5.41, 5.74) is 1.79. The molecule has 7 heteroatoms. The zero-order chi connectivity index (χ0) is 14.0. The van der Waals surface area contributed by atoms with Gasteiger partial charge in [-0.2, -0.15) is 0 Å². The van der Waals surface area contributed by atoms with E-state index in [1.807, 2.05) is 18.2 Å². The lowest BCUT2D eigenvalue weighted by molar-refractivity contribution is 0.312. The normalized spacial score (nSPS) is 17.7. The molecule has 1 aliphatic heterocycles. The molecule has 0 atom stereocenters. The highest BCUT2D eigenvalue weighted by atomic mass is 79.9. The van der Waals surface area contributed by atoms with Gasteiger partial charge in [0.25, 0.3) is 0 Å². The summed E-state index contributed by atoms with van der Waals surface area (Å²) < 4.78 is 23.0. The van der Waals surface area contributed by atoms with E-state index in [-0.39, 0.29) is 5.75 Å². The van der Waals surface area contributed by atoms with Gasteiger partial charge in [-0.05, 0) is 40.7 Å². The molecule has 0 unspecified atom stereocenters. The lowest BCUT2D eigenvalue weighted by Gasteiger charge is -2.34. The van der Waals surface area contributed by atoms with Gasteiger partial charge >= 0.3 is 0 Å². The Morgan fingerprint density at radius 2 is 1.89 bits per heavy atom. The van der Waals surface area contributed by atoms with Crippen LogP contribution >= 0.6 is 26.6 Å². The SMILES string of the molecule is CN1CCN(c2ccc(CS(=O)(=O)Cl)cc2Br)CC1. The van der Waals surface area contributed by atoms with Gasteiger partial charge in [0.2, 0.25) is 9.05 Å². The summed E-state index contributed by atoms with van der Waals surface area (Å²) in [6.07, 6.45) is 0. The minimum absolute atomic E-state index is 0.143. The lowest BCUT2D eigenvalue weighted by Crippen LogP contribution is -2.44. The van der Waals surface area contributed by atoms with E-state index in [9.17, 15) is 8.42 Å². The molecule has 2 rings (SSSR count). The Morgan fingerprint density at radius 3 is 2.42 bits per heavy atom. The van der Waals surface area contributed by atoms with Crippen molar-refractivity contribution in [2.45, 2.75) is 5.75 Å². The first-order chi connectivity index (χ1) is 8.85. The molecule has 1 fully saturated rings. The second kappa shape index (κ2) is 5.99. The van der Waals surface area contributed by atoms with Gasteiger partial charge in [0, 0.05) is 41.3 Å². The molecule has 0 radical (unpaired) electrons. The standard InChI is InChI=1S/C12H16BrClN2O2S/c1-15-4-6-16(7-5-15)12-3-2-10(8-11(12)13)9-19(14,17)18/h2-3,8H,4-7,9H2,1H3. The van der Waals surface area contributed by atoms with Crippen LogP contribution in [-0.4, -0.2) is 46.5 Å².